The lowest BCUT2D eigenvalue weighted by atomic mass is 10.0. The summed E-state index contributed by atoms with van der Waals surface area (Å²) in [6.45, 7) is 9.70. The summed E-state index contributed by atoms with van der Waals surface area (Å²) in [6.07, 6.45) is -0.267. The topological polar surface area (TPSA) is 166 Å². The van der Waals surface area contributed by atoms with Gasteiger partial charge in [-0.05, 0) is 31.7 Å². The molecule has 0 heterocycles. The number of carbonyl (C=O) groups excluding carboxylic acids is 5. The summed E-state index contributed by atoms with van der Waals surface area (Å²) in [5, 5.41) is 22.0. The van der Waals surface area contributed by atoms with Crippen LogP contribution in [0.25, 0.3) is 0 Å². The number of rotatable bonds is 15. The highest BCUT2D eigenvalue weighted by molar-refractivity contribution is 5.96. The van der Waals surface area contributed by atoms with Crippen LogP contribution in [0.1, 0.15) is 39.7 Å². The van der Waals surface area contributed by atoms with Gasteiger partial charge in [-0.1, -0.05) is 50.8 Å². The van der Waals surface area contributed by atoms with Crippen molar-refractivity contribution >= 4 is 29.5 Å². The van der Waals surface area contributed by atoms with Gasteiger partial charge < -0.3 is 31.7 Å². The van der Waals surface area contributed by atoms with Crippen LogP contribution in [0.3, 0.4) is 0 Å². The molecule has 0 saturated carbocycles. The molecule has 0 aliphatic carbocycles. The monoisotopic (exact) mass is 517 g/mol. The first-order valence-corrected chi connectivity index (χ1v) is 12.2. The van der Waals surface area contributed by atoms with E-state index in [0.717, 1.165) is 5.56 Å². The number of aliphatic hydroxyl groups excluding tert-OH is 1. The number of aliphatic hydroxyl groups is 1. The van der Waals surface area contributed by atoms with Crippen molar-refractivity contribution in [1.82, 2.24) is 26.6 Å². The Balaban J connectivity index is 2.92. The molecule has 1 unspecified atom stereocenters. The zero-order valence-corrected chi connectivity index (χ0v) is 21.9. The second-order valence-corrected chi connectivity index (χ2v) is 9.33. The molecule has 6 N–H and O–H groups in total. The molecule has 204 valence electrons. The predicted molar refractivity (Wildman–Crippen MR) is 139 cm³/mol. The van der Waals surface area contributed by atoms with Crippen LogP contribution in [0.15, 0.2) is 42.5 Å². The number of benzene rings is 1. The first kappa shape index (κ1) is 31.3. The predicted octanol–water partition coefficient (Wildman–Crippen LogP) is -0.450. The van der Waals surface area contributed by atoms with E-state index in [4.69, 9.17) is 0 Å². The van der Waals surface area contributed by atoms with Crippen molar-refractivity contribution in [2.75, 3.05) is 19.6 Å². The van der Waals surface area contributed by atoms with Crippen molar-refractivity contribution < 1.29 is 29.1 Å². The Morgan fingerprint density at radius 1 is 0.838 bits per heavy atom. The van der Waals surface area contributed by atoms with E-state index in [0.29, 0.717) is 6.42 Å². The third-order valence-electron chi connectivity index (χ3n) is 5.09. The van der Waals surface area contributed by atoms with E-state index in [9.17, 15) is 29.1 Å². The highest BCUT2D eigenvalue weighted by Gasteiger charge is 2.28. The third kappa shape index (κ3) is 13.2. The zero-order valence-electron chi connectivity index (χ0n) is 21.9. The molecule has 0 aromatic heterocycles. The first-order valence-electron chi connectivity index (χ1n) is 12.2. The quantitative estimate of drug-likeness (QED) is 0.172. The van der Waals surface area contributed by atoms with Gasteiger partial charge in [-0.2, -0.15) is 0 Å². The molecule has 0 radical (unpaired) electrons. The van der Waals surface area contributed by atoms with E-state index >= 15 is 0 Å². The highest BCUT2D eigenvalue weighted by Crippen LogP contribution is 2.08. The number of amides is 5. The maximum Gasteiger partial charge on any atom is 0.246 e. The van der Waals surface area contributed by atoms with Gasteiger partial charge in [-0.3, -0.25) is 24.0 Å². The Kier molecular flexibility index (Phi) is 13.6. The fourth-order valence-electron chi connectivity index (χ4n) is 3.21. The Bertz CT molecular complexity index is 948. The van der Waals surface area contributed by atoms with Gasteiger partial charge in [0.05, 0.1) is 19.2 Å². The maximum atomic E-state index is 13.2. The van der Waals surface area contributed by atoms with Crippen LogP contribution in [0.4, 0.5) is 0 Å². The van der Waals surface area contributed by atoms with Crippen molar-refractivity contribution in [1.29, 1.82) is 0 Å². The van der Waals surface area contributed by atoms with Gasteiger partial charge in [0.1, 0.15) is 12.1 Å². The summed E-state index contributed by atoms with van der Waals surface area (Å²) in [5.74, 6) is -2.62. The van der Waals surface area contributed by atoms with Crippen LogP contribution in [-0.2, 0) is 30.4 Å². The first-order chi connectivity index (χ1) is 17.4. The average molecular weight is 518 g/mol. The molecule has 0 fully saturated rings. The summed E-state index contributed by atoms with van der Waals surface area (Å²) >= 11 is 0. The van der Waals surface area contributed by atoms with Crippen LogP contribution >= 0.6 is 0 Å². The third-order valence-corrected chi connectivity index (χ3v) is 5.09. The minimum absolute atomic E-state index is 0.0413. The van der Waals surface area contributed by atoms with Crippen molar-refractivity contribution in [3.05, 3.63) is 48.0 Å². The summed E-state index contributed by atoms with van der Waals surface area (Å²) in [7, 11) is 0. The van der Waals surface area contributed by atoms with E-state index in [1.54, 1.807) is 24.3 Å². The second kappa shape index (κ2) is 16.1. The highest BCUT2D eigenvalue weighted by atomic mass is 16.3. The van der Waals surface area contributed by atoms with E-state index in [-0.39, 0.29) is 37.5 Å². The fraction of sp³-hybridized carbons (Fsp3) is 0.500. The Morgan fingerprint density at radius 3 is 2.03 bits per heavy atom. The summed E-state index contributed by atoms with van der Waals surface area (Å²) in [4.78, 5) is 62.1. The second-order valence-electron chi connectivity index (χ2n) is 9.33. The molecule has 0 spiro atoms. The molecule has 0 aliphatic rings. The van der Waals surface area contributed by atoms with Gasteiger partial charge in [-0.25, -0.2) is 0 Å². The van der Waals surface area contributed by atoms with Crippen LogP contribution in [0, 0.1) is 5.92 Å². The Morgan fingerprint density at radius 2 is 1.46 bits per heavy atom. The minimum Gasteiger partial charge on any atom is -0.392 e. The number of hydrogen-bond donors (Lipinski definition) is 6. The van der Waals surface area contributed by atoms with Crippen LogP contribution < -0.4 is 26.6 Å². The molecule has 0 saturated heterocycles. The molecular weight excluding hydrogens is 478 g/mol. The van der Waals surface area contributed by atoms with Crippen LogP contribution in [0.2, 0.25) is 0 Å². The van der Waals surface area contributed by atoms with E-state index in [1.807, 2.05) is 19.9 Å². The SMILES string of the molecule is C=C(C)C(=O)NCC(=O)N[C@@H](Cc1ccccc1)C(=O)N[C@@H](CC(C)C)C(=O)NCC(=O)NCC(C)O. The van der Waals surface area contributed by atoms with Crippen LogP contribution in [0.5, 0.6) is 0 Å². The Labute approximate surface area is 217 Å². The molecule has 11 heteroatoms. The molecule has 1 aromatic rings. The summed E-state index contributed by atoms with van der Waals surface area (Å²) in [5.41, 5.74) is 1.03. The van der Waals surface area contributed by atoms with Crippen molar-refractivity contribution in [3.8, 4) is 0 Å². The molecule has 0 bridgehead atoms. The van der Waals surface area contributed by atoms with Gasteiger partial charge in [0.15, 0.2) is 0 Å². The van der Waals surface area contributed by atoms with Gasteiger partial charge in [0.2, 0.25) is 29.5 Å². The standard InChI is InChI=1S/C26H39N5O6/c1-16(2)11-20(25(36)29-14-22(33)27-13-18(5)32)31-26(37)21(12-19-9-7-6-8-10-19)30-23(34)15-28-24(35)17(3)4/h6-10,16,18,20-21,32H,3,11-15H2,1-2,4-5H3,(H,27,33)(H,28,35)(H,29,36)(H,30,34)(H,31,37)/t18?,20-,21-/m0/s1. The molecule has 5 amide bonds. The molecule has 3 atom stereocenters. The Hall–Kier alpha value is -3.73. The van der Waals surface area contributed by atoms with Gasteiger partial charge in [0.25, 0.3) is 0 Å². The van der Waals surface area contributed by atoms with Crippen molar-refractivity contribution in [3.63, 3.8) is 0 Å². The lowest BCUT2D eigenvalue weighted by Crippen LogP contribution is -2.56. The van der Waals surface area contributed by atoms with E-state index in [1.165, 1.54) is 13.8 Å². The molecule has 1 rings (SSSR count). The summed E-state index contributed by atoms with van der Waals surface area (Å²) < 4.78 is 0. The fourth-order valence-corrected chi connectivity index (χ4v) is 3.21. The smallest absolute Gasteiger partial charge is 0.246 e. The lowest BCUT2D eigenvalue weighted by Gasteiger charge is -2.24. The normalized spacial score (nSPS) is 13.0. The molecule has 11 nitrogen and oxygen atoms in total. The molecule has 0 aliphatic heterocycles. The van der Waals surface area contributed by atoms with E-state index in [2.05, 4.69) is 33.2 Å². The molecule has 37 heavy (non-hydrogen) atoms. The van der Waals surface area contributed by atoms with Crippen molar-refractivity contribution in [2.24, 2.45) is 5.92 Å². The maximum absolute atomic E-state index is 13.2. The van der Waals surface area contributed by atoms with Crippen molar-refractivity contribution in [2.45, 2.75) is 58.7 Å². The largest absolute Gasteiger partial charge is 0.392 e. The zero-order chi connectivity index (χ0) is 28.0. The number of carbonyl (C=O) groups is 5. The van der Waals surface area contributed by atoms with E-state index < -0.39 is 47.7 Å². The molecular formula is C26H39N5O6. The lowest BCUT2D eigenvalue weighted by molar-refractivity contribution is -0.133. The number of nitrogens with one attached hydrogen (secondary N) is 5. The van der Waals surface area contributed by atoms with Gasteiger partial charge in [-0.15, -0.1) is 0 Å². The van der Waals surface area contributed by atoms with Crippen LogP contribution in [-0.4, -0.2) is 72.5 Å². The number of hydrogen-bond acceptors (Lipinski definition) is 6. The molecule has 1 aromatic carbocycles. The van der Waals surface area contributed by atoms with Gasteiger partial charge in [0, 0.05) is 18.5 Å². The average Bonchev–Trinajstić information content (AvgIpc) is 2.83. The van der Waals surface area contributed by atoms with Gasteiger partial charge >= 0.3 is 0 Å². The summed E-state index contributed by atoms with van der Waals surface area (Å²) in [6, 6.07) is 7.07. The minimum atomic E-state index is -1.02.